The van der Waals surface area contributed by atoms with Crippen molar-refractivity contribution in [3.8, 4) is 5.75 Å². The predicted octanol–water partition coefficient (Wildman–Crippen LogP) is 4.70. The van der Waals surface area contributed by atoms with Gasteiger partial charge in [-0.1, -0.05) is 35.6 Å². The van der Waals surface area contributed by atoms with E-state index in [1.165, 1.54) is 27.9 Å². The Labute approximate surface area is 134 Å². The molecule has 112 valence electrons. The zero-order valence-electron chi connectivity index (χ0n) is 12.8. The van der Waals surface area contributed by atoms with Gasteiger partial charge in [0.25, 0.3) is 0 Å². The first-order valence-electron chi connectivity index (χ1n) is 7.57. The monoisotopic (exact) mass is 310 g/mol. The van der Waals surface area contributed by atoms with E-state index in [2.05, 4.69) is 42.2 Å². The highest BCUT2D eigenvalue weighted by atomic mass is 32.1. The second-order valence-corrected chi connectivity index (χ2v) is 6.62. The van der Waals surface area contributed by atoms with Gasteiger partial charge in [-0.25, -0.2) is 4.98 Å². The molecule has 0 atom stereocenters. The molecule has 1 aromatic heterocycles. The Hall–Kier alpha value is -2.07. The van der Waals surface area contributed by atoms with E-state index >= 15 is 0 Å². The van der Waals surface area contributed by atoms with Gasteiger partial charge in [-0.15, -0.1) is 0 Å². The lowest BCUT2D eigenvalue weighted by molar-refractivity contribution is 0.419. The number of hydrogen-bond donors (Lipinski definition) is 0. The molecule has 0 saturated heterocycles. The summed E-state index contributed by atoms with van der Waals surface area (Å²) < 4.78 is 6.70. The minimum atomic E-state index is 0.855. The van der Waals surface area contributed by atoms with E-state index in [0.29, 0.717) is 0 Å². The van der Waals surface area contributed by atoms with Gasteiger partial charge in [0.15, 0.2) is 5.13 Å². The SMILES string of the molecule is COc1ccc(C)c2sc(N3CCCc4ccccc43)nc12. The van der Waals surface area contributed by atoms with Gasteiger partial charge in [-0.05, 0) is 43.0 Å². The largest absolute Gasteiger partial charge is 0.494 e. The van der Waals surface area contributed by atoms with Gasteiger partial charge in [0, 0.05) is 12.2 Å². The number of thiazole rings is 1. The van der Waals surface area contributed by atoms with Crippen LogP contribution in [0.1, 0.15) is 17.5 Å². The Morgan fingerprint density at radius 1 is 1.18 bits per heavy atom. The van der Waals surface area contributed by atoms with Crippen LogP contribution in [0.3, 0.4) is 0 Å². The van der Waals surface area contributed by atoms with Crippen molar-refractivity contribution in [1.29, 1.82) is 0 Å². The van der Waals surface area contributed by atoms with Crippen LogP contribution in [-0.2, 0) is 6.42 Å². The van der Waals surface area contributed by atoms with E-state index in [1.807, 2.05) is 6.07 Å². The molecular weight excluding hydrogens is 292 g/mol. The number of benzene rings is 2. The van der Waals surface area contributed by atoms with Crippen LogP contribution < -0.4 is 9.64 Å². The number of fused-ring (bicyclic) bond motifs is 2. The van der Waals surface area contributed by atoms with Crippen LogP contribution in [-0.4, -0.2) is 18.6 Å². The summed E-state index contributed by atoms with van der Waals surface area (Å²) in [5.41, 5.74) is 4.94. The average Bonchev–Trinajstić information content (AvgIpc) is 3.01. The number of rotatable bonds is 2. The molecule has 4 rings (SSSR count). The van der Waals surface area contributed by atoms with Crippen LogP contribution in [0, 0.1) is 6.92 Å². The lowest BCUT2D eigenvalue weighted by Crippen LogP contribution is -2.24. The maximum atomic E-state index is 5.48. The highest BCUT2D eigenvalue weighted by Crippen LogP contribution is 2.40. The minimum Gasteiger partial charge on any atom is -0.494 e. The molecule has 3 aromatic rings. The zero-order valence-corrected chi connectivity index (χ0v) is 13.6. The van der Waals surface area contributed by atoms with E-state index < -0.39 is 0 Å². The van der Waals surface area contributed by atoms with Crippen molar-refractivity contribution in [1.82, 2.24) is 4.98 Å². The Balaban J connectivity index is 1.88. The van der Waals surface area contributed by atoms with Crippen molar-refractivity contribution in [3.05, 3.63) is 47.5 Å². The second kappa shape index (κ2) is 5.29. The van der Waals surface area contributed by atoms with E-state index in [1.54, 1.807) is 18.4 Å². The number of aryl methyl sites for hydroxylation is 2. The summed E-state index contributed by atoms with van der Waals surface area (Å²) >= 11 is 1.76. The molecule has 0 saturated carbocycles. The summed E-state index contributed by atoms with van der Waals surface area (Å²) in [6, 6.07) is 12.8. The molecule has 0 bridgehead atoms. The van der Waals surface area contributed by atoms with Crippen LogP contribution in [0.25, 0.3) is 10.2 Å². The van der Waals surface area contributed by atoms with Crippen LogP contribution in [0.15, 0.2) is 36.4 Å². The molecule has 1 aliphatic rings. The fourth-order valence-corrected chi connectivity index (χ4v) is 4.20. The summed E-state index contributed by atoms with van der Waals surface area (Å²) in [4.78, 5) is 7.24. The number of nitrogens with zero attached hydrogens (tertiary/aromatic N) is 2. The number of methoxy groups -OCH3 is 1. The predicted molar refractivity (Wildman–Crippen MR) is 92.7 cm³/mol. The molecule has 1 aliphatic heterocycles. The van der Waals surface area contributed by atoms with Crippen molar-refractivity contribution >= 4 is 32.4 Å². The molecule has 0 spiro atoms. The summed E-state index contributed by atoms with van der Waals surface area (Å²) in [6.07, 6.45) is 2.32. The molecule has 0 amide bonds. The fraction of sp³-hybridized carbons (Fsp3) is 0.278. The normalized spacial score (nSPS) is 14.2. The first-order chi connectivity index (χ1) is 10.8. The van der Waals surface area contributed by atoms with E-state index in [9.17, 15) is 0 Å². The summed E-state index contributed by atoms with van der Waals surface area (Å²) in [5.74, 6) is 0.855. The van der Waals surface area contributed by atoms with Crippen LogP contribution in [0.5, 0.6) is 5.75 Å². The average molecular weight is 310 g/mol. The molecule has 0 radical (unpaired) electrons. The Bertz CT molecular complexity index is 840. The van der Waals surface area contributed by atoms with Crippen LogP contribution >= 0.6 is 11.3 Å². The quantitative estimate of drug-likeness (QED) is 0.686. The standard InChI is InChI=1S/C18H18N2OS/c1-12-9-10-15(21-2)16-17(12)22-18(19-16)20-11-5-7-13-6-3-4-8-14(13)20/h3-4,6,8-10H,5,7,11H2,1-2H3. The highest BCUT2D eigenvalue weighted by molar-refractivity contribution is 7.22. The number of aromatic nitrogens is 1. The third-order valence-corrected chi connectivity index (χ3v) is 5.47. The molecule has 2 aromatic carbocycles. The molecule has 2 heterocycles. The lowest BCUT2D eigenvalue weighted by Gasteiger charge is -2.28. The van der Waals surface area contributed by atoms with Crippen molar-refractivity contribution in [3.63, 3.8) is 0 Å². The Morgan fingerprint density at radius 3 is 2.91 bits per heavy atom. The molecule has 0 unspecified atom stereocenters. The first-order valence-corrected chi connectivity index (χ1v) is 8.39. The van der Waals surface area contributed by atoms with Crippen molar-refractivity contribution in [2.24, 2.45) is 0 Å². The third-order valence-electron chi connectivity index (χ3n) is 4.25. The summed E-state index contributed by atoms with van der Waals surface area (Å²) in [7, 11) is 1.71. The van der Waals surface area contributed by atoms with E-state index in [-0.39, 0.29) is 0 Å². The smallest absolute Gasteiger partial charge is 0.191 e. The Kier molecular flexibility index (Phi) is 3.26. The lowest BCUT2D eigenvalue weighted by atomic mass is 10.0. The maximum absolute atomic E-state index is 5.48. The second-order valence-electron chi connectivity index (χ2n) is 5.64. The maximum Gasteiger partial charge on any atom is 0.191 e. The molecule has 4 heteroatoms. The number of anilines is 2. The molecule has 0 N–H and O–H groups in total. The third kappa shape index (κ3) is 2.06. The molecule has 0 aliphatic carbocycles. The molecular formula is C18H18N2OS. The van der Waals surface area contributed by atoms with Gasteiger partial charge in [-0.2, -0.15) is 0 Å². The minimum absolute atomic E-state index is 0.855. The zero-order chi connectivity index (χ0) is 15.1. The van der Waals surface area contributed by atoms with Gasteiger partial charge < -0.3 is 9.64 Å². The number of ether oxygens (including phenoxy) is 1. The number of para-hydroxylation sites is 1. The van der Waals surface area contributed by atoms with E-state index in [0.717, 1.165) is 29.4 Å². The van der Waals surface area contributed by atoms with E-state index in [4.69, 9.17) is 9.72 Å². The highest BCUT2D eigenvalue weighted by Gasteiger charge is 2.22. The molecule has 22 heavy (non-hydrogen) atoms. The van der Waals surface area contributed by atoms with Gasteiger partial charge >= 0.3 is 0 Å². The fourth-order valence-electron chi connectivity index (χ4n) is 3.11. The number of hydrogen-bond acceptors (Lipinski definition) is 4. The van der Waals surface area contributed by atoms with Crippen molar-refractivity contribution in [2.75, 3.05) is 18.6 Å². The summed E-state index contributed by atoms with van der Waals surface area (Å²) in [5, 5.41) is 1.06. The molecule has 3 nitrogen and oxygen atoms in total. The Morgan fingerprint density at radius 2 is 2.05 bits per heavy atom. The summed E-state index contributed by atoms with van der Waals surface area (Å²) in [6.45, 7) is 3.16. The van der Waals surface area contributed by atoms with Crippen LogP contribution in [0.2, 0.25) is 0 Å². The van der Waals surface area contributed by atoms with Gasteiger partial charge in [0.1, 0.15) is 11.3 Å². The topological polar surface area (TPSA) is 25.4 Å². The van der Waals surface area contributed by atoms with Gasteiger partial charge in [0.2, 0.25) is 0 Å². The van der Waals surface area contributed by atoms with Crippen LogP contribution in [0.4, 0.5) is 10.8 Å². The first kappa shape index (κ1) is 13.6. The molecule has 0 fully saturated rings. The van der Waals surface area contributed by atoms with Gasteiger partial charge in [-0.3, -0.25) is 0 Å². The van der Waals surface area contributed by atoms with Gasteiger partial charge in [0.05, 0.1) is 11.8 Å². The van der Waals surface area contributed by atoms with Crippen molar-refractivity contribution in [2.45, 2.75) is 19.8 Å². The van der Waals surface area contributed by atoms with Crippen molar-refractivity contribution < 1.29 is 4.74 Å².